The summed E-state index contributed by atoms with van der Waals surface area (Å²) in [6.07, 6.45) is 11.1. The maximum absolute atomic E-state index is 5.42. The van der Waals surface area contributed by atoms with Crippen molar-refractivity contribution >= 4 is 15.0 Å². The normalized spacial score (nSPS) is 11.4. The fraction of sp³-hybridized carbons (Fsp3) is 0.846. The molecule has 0 aliphatic carbocycles. The van der Waals surface area contributed by atoms with Gasteiger partial charge in [0, 0.05) is 0 Å². The van der Waals surface area contributed by atoms with Gasteiger partial charge in [-0.3, -0.25) is 0 Å². The predicted octanol–water partition coefficient (Wildman–Crippen LogP) is 3.26. The monoisotopic (exact) mass is 294 g/mol. The zero-order chi connectivity index (χ0) is 11.9. The third-order valence-electron chi connectivity index (χ3n) is 2.15. The van der Waals surface area contributed by atoms with E-state index in [2.05, 4.69) is 19.1 Å². The van der Waals surface area contributed by atoms with Crippen LogP contribution in [0, 0.1) is 0 Å². The number of hydrogen-bond donors (Lipinski definition) is 0. The van der Waals surface area contributed by atoms with Gasteiger partial charge in [-0.25, -0.2) is 0 Å². The van der Waals surface area contributed by atoms with Crippen LogP contribution in [-0.2, 0) is 9.47 Å². The minimum absolute atomic E-state index is 0.658. The molecule has 0 rings (SSSR count). The first kappa shape index (κ1) is 16.2. The van der Waals surface area contributed by atoms with Crippen molar-refractivity contribution in [1.82, 2.24) is 0 Å². The number of rotatable bonds is 12. The van der Waals surface area contributed by atoms with Crippen LogP contribution in [0.4, 0.5) is 0 Å². The van der Waals surface area contributed by atoms with Crippen LogP contribution in [0.3, 0.4) is 0 Å². The standard InChI is InChI=1S/C13H26O2Se/c1-3-4-5-6-7-8-9-12-16-13-15-11-10-14-2/h6-7H,3-5,8-13H2,1-2H3/b7-6+. The molecule has 0 N–H and O–H groups in total. The second-order valence-electron chi connectivity index (χ2n) is 3.68. The van der Waals surface area contributed by atoms with Crippen LogP contribution in [0.15, 0.2) is 12.2 Å². The predicted molar refractivity (Wildman–Crippen MR) is 71.2 cm³/mol. The van der Waals surface area contributed by atoms with Crippen LogP contribution >= 0.6 is 0 Å². The molecule has 0 aliphatic rings. The molecule has 0 aromatic carbocycles. The Hall–Kier alpha value is 0.179. The Morgan fingerprint density at radius 2 is 1.81 bits per heavy atom. The van der Waals surface area contributed by atoms with Crippen LogP contribution in [0.1, 0.15) is 39.0 Å². The molecule has 0 spiro atoms. The number of allylic oxidation sites excluding steroid dienone is 2. The van der Waals surface area contributed by atoms with Crippen molar-refractivity contribution in [3.05, 3.63) is 12.2 Å². The number of ether oxygens (including phenoxy) is 2. The van der Waals surface area contributed by atoms with Gasteiger partial charge in [0.05, 0.1) is 0 Å². The van der Waals surface area contributed by atoms with Gasteiger partial charge in [0.25, 0.3) is 0 Å². The van der Waals surface area contributed by atoms with Gasteiger partial charge in [0.15, 0.2) is 0 Å². The summed E-state index contributed by atoms with van der Waals surface area (Å²) in [5, 5.41) is 1.33. The molecule has 0 aromatic heterocycles. The van der Waals surface area contributed by atoms with Crippen LogP contribution in [-0.4, -0.2) is 40.8 Å². The molecule has 0 fully saturated rings. The second-order valence-corrected chi connectivity index (χ2v) is 5.89. The average Bonchev–Trinajstić information content (AvgIpc) is 2.31. The molecule has 0 saturated carbocycles. The van der Waals surface area contributed by atoms with E-state index in [0.29, 0.717) is 15.0 Å². The molecular formula is C13H26O2Se. The number of unbranched alkanes of at least 4 members (excludes halogenated alkanes) is 3. The van der Waals surface area contributed by atoms with Gasteiger partial charge in [0.1, 0.15) is 0 Å². The third-order valence-corrected chi connectivity index (χ3v) is 4.06. The van der Waals surface area contributed by atoms with E-state index in [1.807, 2.05) is 0 Å². The van der Waals surface area contributed by atoms with E-state index in [9.17, 15) is 0 Å². The maximum atomic E-state index is 5.42. The molecule has 3 heteroatoms. The molecule has 0 heterocycles. The summed E-state index contributed by atoms with van der Waals surface area (Å²) in [7, 11) is 1.71. The van der Waals surface area contributed by atoms with Crippen LogP contribution in [0.5, 0.6) is 0 Å². The third kappa shape index (κ3) is 14.2. The second kappa shape index (κ2) is 15.2. The molecule has 0 aromatic rings. The molecule has 96 valence electrons. The van der Waals surface area contributed by atoms with Crippen molar-refractivity contribution in [1.29, 1.82) is 0 Å². The number of hydrogen-bond acceptors (Lipinski definition) is 2. The van der Waals surface area contributed by atoms with Crippen molar-refractivity contribution in [3.63, 3.8) is 0 Å². The van der Waals surface area contributed by atoms with Crippen LogP contribution in [0.25, 0.3) is 0 Å². The summed E-state index contributed by atoms with van der Waals surface area (Å²) >= 11 is 0.658. The zero-order valence-electron chi connectivity index (χ0n) is 10.7. The molecule has 0 atom stereocenters. The Morgan fingerprint density at radius 3 is 2.50 bits per heavy atom. The number of methoxy groups -OCH3 is 1. The Labute approximate surface area is 107 Å². The topological polar surface area (TPSA) is 18.5 Å². The Kier molecular flexibility index (Phi) is 15.3. The van der Waals surface area contributed by atoms with Gasteiger partial charge in [-0.15, -0.1) is 0 Å². The molecule has 0 amide bonds. The van der Waals surface area contributed by atoms with Crippen molar-refractivity contribution in [3.8, 4) is 0 Å². The summed E-state index contributed by atoms with van der Waals surface area (Å²) < 4.78 is 10.3. The first-order chi connectivity index (χ1) is 7.91. The first-order valence-electron chi connectivity index (χ1n) is 6.21. The van der Waals surface area contributed by atoms with Gasteiger partial charge >= 0.3 is 107 Å². The molecule has 0 bridgehead atoms. The van der Waals surface area contributed by atoms with Crippen molar-refractivity contribution in [2.75, 3.05) is 25.8 Å². The van der Waals surface area contributed by atoms with E-state index >= 15 is 0 Å². The van der Waals surface area contributed by atoms with Crippen molar-refractivity contribution in [2.45, 2.75) is 44.3 Å². The SMILES string of the molecule is CCCC/C=C/CCC[Se]COCCOC. The molecule has 0 saturated heterocycles. The fourth-order valence-corrected chi connectivity index (χ4v) is 2.70. The molecular weight excluding hydrogens is 267 g/mol. The summed E-state index contributed by atoms with van der Waals surface area (Å²) in [6.45, 7) is 3.70. The van der Waals surface area contributed by atoms with Crippen LogP contribution < -0.4 is 0 Å². The average molecular weight is 293 g/mol. The van der Waals surface area contributed by atoms with Gasteiger partial charge in [-0.1, -0.05) is 0 Å². The summed E-state index contributed by atoms with van der Waals surface area (Å²) in [4.78, 5) is 0. The van der Waals surface area contributed by atoms with Crippen molar-refractivity contribution in [2.24, 2.45) is 0 Å². The summed E-state index contributed by atoms with van der Waals surface area (Å²) in [5.74, 6) is 0. The van der Waals surface area contributed by atoms with Gasteiger partial charge in [0.2, 0.25) is 0 Å². The first-order valence-corrected chi connectivity index (χ1v) is 8.63. The van der Waals surface area contributed by atoms with E-state index in [-0.39, 0.29) is 0 Å². The van der Waals surface area contributed by atoms with E-state index in [4.69, 9.17) is 9.47 Å². The molecule has 0 aliphatic heterocycles. The molecule has 16 heavy (non-hydrogen) atoms. The minimum atomic E-state index is 0.658. The zero-order valence-corrected chi connectivity index (χ0v) is 12.5. The quantitative estimate of drug-likeness (QED) is 0.312. The van der Waals surface area contributed by atoms with E-state index in [1.165, 1.54) is 37.4 Å². The Bertz CT molecular complexity index is 149. The molecule has 2 nitrogen and oxygen atoms in total. The van der Waals surface area contributed by atoms with Gasteiger partial charge < -0.3 is 0 Å². The van der Waals surface area contributed by atoms with Crippen molar-refractivity contribution < 1.29 is 9.47 Å². The van der Waals surface area contributed by atoms with Gasteiger partial charge in [-0.2, -0.15) is 0 Å². The van der Waals surface area contributed by atoms with E-state index < -0.39 is 0 Å². The Morgan fingerprint density at radius 1 is 1.06 bits per heavy atom. The van der Waals surface area contributed by atoms with Crippen LogP contribution in [0.2, 0.25) is 5.32 Å². The Balaban J connectivity index is 2.95. The fourth-order valence-electron chi connectivity index (χ4n) is 1.18. The summed E-state index contributed by atoms with van der Waals surface area (Å²) in [6, 6.07) is 0. The van der Waals surface area contributed by atoms with Gasteiger partial charge in [-0.05, 0) is 0 Å². The van der Waals surface area contributed by atoms with E-state index in [1.54, 1.807) is 7.11 Å². The van der Waals surface area contributed by atoms with E-state index in [0.717, 1.165) is 18.7 Å². The summed E-state index contributed by atoms with van der Waals surface area (Å²) in [5.41, 5.74) is 0.940. The molecule has 0 radical (unpaired) electrons. The molecule has 0 unspecified atom stereocenters.